The van der Waals surface area contributed by atoms with Crippen LogP contribution in [0.15, 0.2) is 66.9 Å². The molecule has 2 N–H and O–H groups in total. The lowest BCUT2D eigenvalue weighted by atomic mass is 9.76. The number of likely N-dealkylation sites (tertiary alicyclic amines) is 1. The first kappa shape index (κ1) is 35.8. The maximum atomic E-state index is 14.6. The molecule has 4 heterocycles. The number of anilines is 2. The second-order valence-electron chi connectivity index (χ2n) is 12.7. The van der Waals surface area contributed by atoms with E-state index in [2.05, 4.69) is 15.1 Å². The van der Waals surface area contributed by atoms with Gasteiger partial charge in [-0.15, -0.1) is 0 Å². The molecule has 0 unspecified atom stereocenters. The lowest BCUT2D eigenvalue weighted by molar-refractivity contribution is -0.198. The molecule has 6 rings (SSSR count). The smallest absolute Gasteiger partial charge is 0.429 e. The van der Waals surface area contributed by atoms with Crippen molar-refractivity contribution in [1.82, 2.24) is 24.6 Å². The molecule has 270 valence electrons. The van der Waals surface area contributed by atoms with Crippen LogP contribution in [0.5, 0.6) is 5.88 Å². The SMILES string of the molecule is CCOC(=O)[C@@H]1CC2(CCN(c3cc(O[C@@H](c4ccc(Cl)cc4-n4ccc(C)n4)C(F)(F)F)nc(N)n3)CC2)CN1C(=O)OCc1ccccc1. The van der Waals surface area contributed by atoms with Crippen LogP contribution in [0.3, 0.4) is 0 Å². The predicted molar refractivity (Wildman–Crippen MR) is 181 cm³/mol. The Bertz CT molecular complexity index is 1870. The molecule has 2 atom stereocenters. The Kier molecular flexibility index (Phi) is 10.3. The minimum atomic E-state index is -4.85. The number of ether oxygens (including phenoxy) is 3. The summed E-state index contributed by atoms with van der Waals surface area (Å²) in [4.78, 5) is 37.8. The van der Waals surface area contributed by atoms with Gasteiger partial charge in [-0.05, 0) is 62.3 Å². The zero-order chi connectivity index (χ0) is 36.3. The van der Waals surface area contributed by atoms with E-state index < -0.39 is 35.8 Å². The fourth-order valence-electron chi connectivity index (χ4n) is 6.64. The first-order valence-electron chi connectivity index (χ1n) is 16.4. The molecule has 12 nitrogen and oxygen atoms in total. The molecule has 2 aromatic carbocycles. The number of piperidine rings is 1. The van der Waals surface area contributed by atoms with Crippen LogP contribution in [0.1, 0.15) is 49.1 Å². The minimum absolute atomic E-state index is 0.0590. The largest absolute Gasteiger partial charge is 0.464 e. The summed E-state index contributed by atoms with van der Waals surface area (Å²) < 4.78 is 61.7. The molecule has 0 radical (unpaired) electrons. The van der Waals surface area contributed by atoms with E-state index in [1.54, 1.807) is 19.9 Å². The number of aryl methyl sites for hydroxylation is 1. The van der Waals surface area contributed by atoms with Gasteiger partial charge >= 0.3 is 18.2 Å². The standard InChI is InChI=1S/C35H37ClF3N7O5/c1-3-49-31(47)27-19-34(21-45(27)33(48)50-20-23-7-5-4-6-8-23)12-15-44(16-13-34)28-18-29(42-32(40)41-28)51-30(35(37,38)39)25-10-9-24(36)17-26(25)46-14-11-22(2)43-46/h4-11,14,17-18,27,30H,3,12-13,15-16,19-21H2,1-2H3,(H2,40,41,42)/t27-,30-/m0/s1. The lowest BCUT2D eigenvalue weighted by Crippen LogP contribution is -2.43. The molecule has 1 amide bonds. The Morgan fingerprint density at radius 3 is 2.47 bits per heavy atom. The number of hydrogen-bond donors (Lipinski definition) is 1. The molecular formula is C35H37ClF3N7O5. The summed E-state index contributed by atoms with van der Waals surface area (Å²) in [5, 5.41) is 4.49. The third-order valence-corrected chi connectivity index (χ3v) is 9.38. The Morgan fingerprint density at radius 2 is 1.80 bits per heavy atom. The highest BCUT2D eigenvalue weighted by Crippen LogP contribution is 2.45. The van der Waals surface area contributed by atoms with Crippen molar-refractivity contribution in [2.45, 2.75) is 58.0 Å². The first-order valence-corrected chi connectivity index (χ1v) is 16.8. The van der Waals surface area contributed by atoms with Crippen LogP contribution in [-0.4, -0.2) is 75.2 Å². The number of nitrogens with zero attached hydrogens (tertiary/aromatic N) is 6. The van der Waals surface area contributed by atoms with Gasteiger partial charge in [0.2, 0.25) is 17.9 Å². The van der Waals surface area contributed by atoms with E-state index in [1.165, 1.54) is 40.0 Å². The van der Waals surface area contributed by atoms with Crippen molar-refractivity contribution in [1.29, 1.82) is 0 Å². The molecule has 0 saturated carbocycles. The van der Waals surface area contributed by atoms with Crippen molar-refractivity contribution in [3.8, 4) is 11.6 Å². The van der Waals surface area contributed by atoms with Gasteiger partial charge in [-0.3, -0.25) is 4.90 Å². The average molecular weight is 728 g/mol. The number of esters is 1. The van der Waals surface area contributed by atoms with E-state index in [-0.39, 0.29) is 53.7 Å². The van der Waals surface area contributed by atoms with E-state index >= 15 is 0 Å². The van der Waals surface area contributed by atoms with Crippen LogP contribution in [-0.2, 0) is 20.9 Å². The summed E-state index contributed by atoms with van der Waals surface area (Å²) in [7, 11) is 0. The average Bonchev–Trinajstić information content (AvgIpc) is 3.70. The molecule has 0 bridgehead atoms. The molecule has 2 aliphatic heterocycles. The zero-order valence-electron chi connectivity index (χ0n) is 28.0. The van der Waals surface area contributed by atoms with Gasteiger partial charge < -0.3 is 24.8 Å². The van der Waals surface area contributed by atoms with Crippen molar-refractivity contribution in [2.24, 2.45) is 5.41 Å². The molecule has 4 aromatic rings. The zero-order valence-corrected chi connectivity index (χ0v) is 28.7. The van der Waals surface area contributed by atoms with Crippen molar-refractivity contribution < 1.29 is 37.0 Å². The summed E-state index contributed by atoms with van der Waals surface area (Å²) in [5.74, 6) is -0.845. The Hall–Kier alpha value is -5.05. The lowest BCUT2D eigenvalue weighted by Gasteiger charge is -2.39. The van der Waals surface area contributed by atoms with Crippen molar-refractivity contribution in [2.75, 3.05) is 36.9 Å². The topological polar surface area (TPSA) is 138 Å². The van der Waals surface area contributed by atoms with Crippen molar-refractivity contribution in [3.63, 3.8) is 0 Å². The van der Waals surface area contributed by atoms with Crippen LogP contribution < -0.4 is 15.4 Å². The quantitative estimate of drug-likeness (QED) is 0.192. The molecule has 1 spiro atoms. The van der Waals surface area contributed by atoms with Crippen LogP contribution >= 0.6 is 11.6 Å². The summed E-state index contributed by atoms with van der Waals surface area (Å²) in [6.45, 7) is 4.76. The number of amides is 1. The number of carbonyl (C=O) groups is 2. The van der Waals surface area contributed by atoms with Crippen LogP contribution in [0.2, 0.25) is 5.02 Å². The van der Waals surface area contributed by atoms with E-state index in [4.69, 9.17) is 31.5 Å². The number of carbonyl (C=O) groups excluding carboxylic acids is 2. The highest BCUT2D eigenvalue weighted by atomic mass is 35.5. The fourth-order valence-corrected chi connectivity index (χ4v) is 6.80. The maximum absolute atomic E-state index is 14.6. The normalized spacial score (nSPS) is 17.7. The number of nitrogens with two attached hydrogens (primary N) is 1. The van der Waals surface area contributed by atoms with Crippen molar-refractivity contribution >= 4 is 35.4 Å². The monoisotopic (exact) mass is 727 g/mol. The number of hydrogen-bond acceptors (Lipinski definition) is 10. The highest BCUT2D eigenvalue weighted by molar-refractivity contribution is 6.30. The van der Waals surface area contributed by atoms with Gasteiger partial charge in [0.05, 0.1) is 18.0 Å². The number of nitrogen functional groups attached to an aromatic ring is 1. The second-order valence-corrected chi connectivity index (χ2v) is 13.1. The summed E-state index contributed by atoms with van der Waals surface area (Å²) in [5.41, 5.74) is 6.87. The summed E-state index contributed by atoms with van der Waals surface area (Å²) in [6.07, 6.45) is -4.88. The Morgan fingerprint density at radius 1 is 1.06 bits per heavy atom. The fraction of sp³-hybridized carbons (Fsp3) is 0.400. The Balaban J connectivity index is 1.19. The van der Waals surface area contributed by atoms with Gasteiger partial charge in [0.25, 0.3) is 0 Å². The summed E-state index contributed by atoms with van der Waals surface area (Å²) >= 11 is 6.17. The first-order chi connectivity index (χ1) is 24.3. The van der Waals surface area contributed by atoms with E-state index in [1.807, 2.05) is 35.2 Å². The van der Waals surface area contributed by atoms with E-state index in [0.717, 1.165) is 5.56 Å². The molecule has 51 heavy (non-hydrogen) atoms. The van der Waals surface area contributed by atoms with Gasteiger partial charge in [-0.2, -0.15) is 28.2 Å². The number of benzene rings is 2. The maximum Gasteiger partial charge on any atom is 0.429 e. The minimum Gasteiger partial charge on any atom is -0.464 e. The van der Waals surface area contributed by atoms with Gasteiger partial charge in [0, 0.05) is 42.5 Å². The van der Waals surface area contributed by atoms with E-state index in [0.29, 0.717) is 38.0 Å². The predicted octanol–water partition coefficient (Wildman–Crippen LogP) is 6.45. The number of alkyl halides is 3. The molecule has 2 saturated heterocycles. The highest BCUT2D eigenvalue weighted by Gasteiger charge is 2.51. The third-order valence-electron chi connectivity index (χ3n) is 9.14. The van der Waals surface area contributed by atoms with Crippen LogP contribution in [0.25, 0.3) is 5.69 Å². The number of rotatable bonds is 9. The van der Waals surface area contributed by atoms with Crippen molar-refractivity contribution in [3.05, 3.63) is 88.7 Å². The molecular weight excluding hydrogens is 691 g/mol. The molecule has 0 aliphatic carbocycles. The van der Waals surface area contributed by atoms with Crippen LogP contribution in [0.4, 0.5) is 29.7 Å². The van der Waals surface area contributed by atoms with Gasteiger partial charge in [-0.1, -0.05) is 48.0 Å². The third kappa shape index (κ3) is 8.14. The molecule has 16 heteroatoms. The Labute approximate surface area is 297 Å². The molecule has 2 fully saturated rings. The van der Waals surface area contributed by atoms with Gasteiger partial charge in [0.1, 0.15) is 18.5 Å². The van der Waals surface area contributed by atoms with Gasteiger partial charge in [0.15, 0.2) is 0 Å². The van der Waals surface area contributed by atoms with Gasteiger partial charge in [-0.25, -0.2) is 14.3 Å². The van der Waals surface area contributed by atoms with E-state index in [9.17, 15) is 22.8 Å². The second kappa shape index (κ2) is 14.7. The summed E-state index contributed by atoms with van der Waals surface area (Å²) in [6, 6.07) is 15.4. The number of halogens is 4. The van der Waals surface area contributed by atoms with Crippen LogP contribution in [0, 0.1) is 12.3 Å². The molecule has 2 aromatic heterocycles. The number of aromatic nitrogens is 4. The molecule has 2 aliphatic rings.